The van der Waals surface area contributed by atoms with Crippen LogP contribution < -0.4 is 5.73 Å². The number of nitrogens with zero attached hydrogens (tertiary/aromatic N) is 2. The van der Waals surface area contributed by atoms with Gasteiger partial charge in [0.05, 0.1) is 5.54 Å². The van der Waals surface area contributed by atoms with Gasteiger partial charge in [-0.3, -0.25) is 0 Å². The SMILES string of the molecule is CC(C)(C)c1ccc(-c2nc(C(C)(C)N)no2)cc1. The molecule has 0 aliphatic carbocycles. The first-order valence-electron chi connectivity index (χ1n) is 6.42. The maximum atomic E-state index is 5.94. The topological polar surface area (TPSA) is 64.9 Å². The van der Waals surface area contributed by atoms with Crippen molar-refractivity contribution in [3.63, 3.8) is 0 Å². The molecule has 0 saturated heterocycles. The largest absolute Gasteiger partial charge is 0.334 e. The van der Waals surface area contributed by atoms with E-state index in [1.165, 1.54) is 5.56 Å². The molecule has 0 atom stereocenters. The van der Waals surface area contributed by atoms with E-state index in [0.717, 1.165) is 5.56 Å². The number of nitrogens with two attached hydrogens (primary N) is 1. The molecule has 0 unspecified atom stereocenters. The Labute approximate surface area is 114 Å². The lowest BCUT2D eigenvalue weighted by Crippen LogP contribution is -2.30. The van der Waals surface area contributed by atoms with E-state index >= 15 is 0 Å². The molecule has 2 aromatic rings. The molecule has 0 bridgehead atoms. The highest BCUT2D eigenvalue weighted by molar-refractivity contribution is 5.53. The van der Waals surface area contributed by atoms with Gasteiger partial charge in [0.2, 0.25) is 0 Å². The highest BCUT2D eigenvalue weighted by Gasteiger charge is 2.22. The predicted molar refractivity (Wildman–Crippen MR) is 75.6 cm³/mol. The summed E-state index contributed by atoms with van der Waals surface area (Å²) < 4.78 is 5.26. The fourth-order valence-electron chi connectivity index (χ4n) is 1.72. The van der Waals surface area contributed by atoms with E-state index in [1.54, 1.807) is 0 Å². The maximum absolute atomic E-state index is 5.94. The van der Waals surface area contributed by atoms with Gasteiger partial charge in [-0.1, -0.05) is 38.1 Å². The summed E-state index contributed by atoms with van der Waals surface area (Å²) in [5.41, 5.74) is 7.68. The third-order valence-electron chi connectivity index (χ3n) is 3.00. The lowest BCUT2D eigenvalue weighted by molar-refractivity contribution is 0.397. The molecule has 0 amide bonds. The molecule has 4 nitrogen and oxygen atoms in total. The van der Waals surface area contributed by atoms with Crippen molar-refractivity contribution >= 4 is 0 Å². The number of aromatic nitrogens is 2. The zero-order valence-electron chi connectivity index (χ0n) is 12.2. The van der Waals surface area contributed by atoms with E-state index in [-0.39, 0.29) is 5.41 Å². The van der Waals surface area contributed by atoms with E-state index in [2.05, 4.69) is 43.0 Å². The van der Waals surface area contributed by atoms with Crippen LogP contribution in [-0.2, 0) is 11.0 Å². The Morgan fingerprint density at radius 3 is 2.00 bits per heavy atom. The summed E-state index contributed by atoms with van der Waals surface area (Å²) >= 11 is 0. The summed E-state index contributed by atoms with van der Waals surface area (Å²) in [7, 11) is 0. The zero-order valence-corrected chi connectivity index (χ0v) is 12.2. The van der Waals surface area contributed by atoms with Gasteiger partial charge >= 0.3 is 0 Å². The fourth-order valence-corrected chi connectivity index (χ4v) is 1.72. The van der Waals surface area contributed by atoms with E-state index < -0.39 is 5.54 Å². The van der Waals surface area contributed by atoms with Crippen LogP contribution in [0.25, 0.3) is 11.5 Å². The van der Waals surface area contributed by atoms with Crippen LogP contribution in [0.3, 0.4) is 0 Å². The summed E-state index contributed by atoms with van der Waals surface area (Å²) in [6, 6.07) is 8.18. The van der Waals surface area contributed by atoms with Gasteiger partial charge in [0.1, 0.15) is 0 Å². The Balaban J connectivity index is 2.31. The van der Waals surface area contributed by atoms with Crippen LogP contribution in [0, 0.1) is 0 Å². The second-order valence-electron chi connectivity index (χ2n) is 6.47. The molecule has 0 saturated carbocycles. The Morgan fingerprint density at radius 1 is 1.00 bits per heavy atom. The van der Waals surface area contributed by atoms with Crippen LogP contribution >= 0.6 is 0 Å². The molecule has 4 heteroatoms. The van der Waals surface area contributed by atoms with Crippen molar-refractivity contribution in [3.05, 3.63) is 35.7 Å². The van der Waals surface area contributed by atoms with Gasteiger partial charge in [0.15, 0.2) is 5.82 Å². The van der Waals surface area contributed by atoms with Gasteiger partial charge in [-0.15, -0.1) is 0 Å². The Bertz CT molecular complexity index is 556. The molecule has 0 spiro atoms. The summed E-state index contributed by atoms with van der Waals surface area (Å²) in [5, 5.41) is 3.92. The van der Waals surface area contributed by atoms with Crippen molar-refractivity contribution in [1.82, 2.24) is 10.1 Å². The highest BCUT2D eigenvalue weighted by atomic mass is 16.5. The van der Waals surface area contributed by atoms with Crippen molar-refractivity contribution in [2.75, 3.05) is 0 Å². The third-order valence-corrected chi connectivity index (χ3v) is 3.00. The average molecular weight is 259 g/mol. The minimum atomic E-state index is -0.590. The van der Waals surface area contributed by atoms with Gasteiger partial charge in [0.25, 0.3) is 5.89 Å². The van der Waals surface area contributed by atoms with Gasteiger partial charge in [0, 0.05) is 5.56 Å². The van der Waals surface area contributed by atoms with Gasteiger partial charge < -0.3 is 10.3 Å². The molecule has 0 radical (unpaired) electrons. The van der Waals surface area contributed by atoms with Crippen molar-refractivity contribution < 1.29 is 4.52 Å². The molecular formula is C15H21N3O. The van der Waals surface area contributed by atoms with Crippen LogP contribution in [0.15, 0.2) is 28.8 Å². The van der Waals surface area contributed by atoms with Gasteiger partial charge in [-0.2, -0.15) is 4.98 Å². The summed E-state index contributed by atoms with van der Waals surface area (Å²) in [6.07, 6.45) is 0. The fraction of sp³-hybridized carbons (Fsp3) is 0.467. The molecular weight excluding hydrogens is 238 g/mol. The lowest BCUT2D eigenvalue weighted by atomic mass is 9.87. The number of benzene rings is 1. The van der Waals surface area contributed by atoms with Crippen LogP contribution in [0.2, 0.25) is 0 Å². The lowest BCUT2D eigenvalue weighted by Gasteiger charge is -2.18. The first-order valence-corrected chi connectivity index (χ1v) is 6.42. The first-order chi connectivity index (χ1) is 8.68. The maximum Gasteiger partial charge on any atom is 0.257 e. The normalized spacial score (nSPS) is 12.7. The quantitative estimate of drug-likeness (QED) is 0.899. The number of hydrogen-bond donors (Lipinski definition) is 1. The van der Waals surface area contributed by atoms with Gasteiger partial charge in [-0.05, 0) is 37.0 Å². The number of rotatable bonds is 2. The van der Waals surface area contributed by atoms with Gasteiger partial charge in [-0.25, -0.2) is 0 Å². The molecule has 1 aromatic heterocycles. The molecule has 2 rings (SSSR count). The molecule has 19 heavy (non-hydrogen) atoms. The molecule has 1 heterocycles. The summed E-state index contributed by atoms with van der Waals surface area (Å²) in [5.74, 6) is 1.02. The average Bonchev–Trinajstić information content (AvgIpc) is 2.77. The molecule has 102 valence electrons. The first kappa shape index (κ1) is 13.7. The molecule has 0 aliphatic rings. The highest BCUT2D eigenvalue weighted by Crippen LogP contribution is 2.26. The number of hydrogen-bond acceptors (Lipinski definition) is 4. The third kappa shape index (κ3) is 3.01. The molecule has 0 aliphatic heterocycles. The molecule has 2 N–H and O–H groups in total. The predicted octanol–water partition coefficient (Wildman–Crippen LogP) is 3.23. The van der Waals surface area contributed by atoms with Crippen molar-refractivity contribution in [3.8, 4) is 11.5 Å². The van der Waals surface area contributed by atoms with Crippen LogP contribution in [0.5, 0.6) is 0 Å². The molecule has 1 aromatic carbocycles. The second-order valence-corrected chi connectivity index (χ2v) is 6.47. The smallest absolute Gasteiger partial charge is 0.257 e. The van der Waals surface area contributed by atoms with Crippen LogP contribution in [0.4, 0.5) is 0 Å². The van der Waals surface area contributed by atoms with E-state index in [0.29, 0.717) is 11.7 Å². The Morgan fingerprint density at radius 2 is 1.58 bits per heavy atom. The van der Waals surface area contributed by atoms with Crippen molar-refractivity contribution in [2.45, 2.75) is 45.6 Å². The Hall–Kier alpha value is -1.68. The standard InChI is InChI=1S/C15H21N3O/c1-14(2,3)11-8-6-10(7-9-11)12-17-13(18-19-12)15(4,5)16/h6-9H,16H2,1-5H3. The summed E-state index contributed by atoms with van der Waals surface area (Å²) in [4.78, 5) is 4.34. The van der Waals surface area contributed by atoms with Crippen LogP contribution in [0.1, 0.15) is 46.0 Å². The minimum Gasteiger partial charge on any atom is -0.334 e. The van der Waals surface area contributed by atoms with Crippen molar-refractivity contribution in [1.29, 1.82) is 0 Å². The summed E-state index contributed by atoms with van der Waals surface area (Å²) in [6.45, 7) is 10.3. The zero-order chi connectivity index (χ0) is 14.3. The van der Waals surface area contributed by atoms with E-state index in [4.69, 9.17) is 10.3 Å². The van der Waals surface area contributed by atoms with E-state index in [9.17, 15) is 0 Å². The van der Waals surface area contributed by atoms with Crippen LogP contribution in [-0.4, -0.2) is 10.1 Å². The minimum absolute atomic E-state index is 0.137. The monoisotopic (exact) mass is 259 g/mol. The van der Waals surface area contributed by atoms with Crippen molar-refractivity contribution in [2.24, 2.45) is 5.73 Å². The Kier molecular flexibility index (Phi) is 3.22. The second kappa shape index (κ2) is 4.46. The molecule has 0 fully saturated rings. The van der Waals surface area contributed by atoms with E-state index in [1.807, 2.05) is 26.0 Å².